The van der Waals surface area contributed by atoms with E-state index in [1.807, 2.05) is 6.92 Å². The highest BCUT2D eigenvalue weighted by Gasteiger charge is 2.15. The van der Waals surface area contributed by atoms with E-state index in [0.717, 1.165) is 26.1 Å². The summed E-state index contributed by atoms with van der Waals surface area (Å²) in [5, 5.41) is 9.71. The SMILES string of the molecule is CCC(O)CN1CCCc2ccccc2C1. The summed E-state index contributed by atoms with van der Waals surface area (Å²) in [6, 6.07) is 8.68. The third-order valence-corrected chi connectivity index (χ3v) is 3.37. The van der Waals surface area contributed by atoms with Gasteiger partial charge in [-0.25, -0.2) is 0 Å². The molecule has 1 heterocycles. The van der Waals surface area contributed by atoms with Crippen LogP contribution in [0.3, 0.4) is 0 Å². The van der Waals surface area contributed by atoms with E-state index in [4.69, 9.17) is 0 Å². The molecule has 1 aliphatic heterocycles. The van der Waals surface area contributed by atoms with E-state index < -0.39 is 0 Å². The third-order valence-electron chi connectivity index (χ3n) is 3.37. The molecule has 1 N–H and O–H groups in total. The molecule has 0 spiro atoms. The van der Waals surface area contributed by atoms with Gasteiger partial charge < -0.3 is 5.11 Å². The number of aliphatic hydroxyl groups excluding tert-OH is 1. The van der Waals surface area contributed by atoms with Crippen molar-refractivity contribution in [1.29, 1.82) is 0 Å². The van der Waals surface area contributed by atoms with Gasteiger partial charge in [0, 0.05) is 13.1 Å². The van der Waals surface area contributed by atoms with Crippen LogP contribution in [-0.4, -0.2) is 29.2 Å². The summed E-state index contributed by atoms with van der Waals surface area (Å²) in [7, 11) is 0. The minimum Gasteiger partial charge on any atom is -0.392 e. The number of rotatable bonds is 3. The molecule has 0 fully saturated rings. The molecule has 1 aromatic carbocycles. The molecule has 2 nitrogen and oxygen atoms in total. The van der Waals surface area contributed by atoms with Crippen LogP contribution in [0.1, 0.15) is 30.9 Å². The second-order valence-electron chi connectivity index (χ2n) is 4.67. The Morgan fingerprint density at radius 2 is 2.06 bits per heavy atom. The summed E-state index contributed by atoms with van der Waals surface area (Å²) < 4.78 is 0. The first-order valence-electron chi connectivity index (χ1n) is 6.26. The van der Waals surface area contributed by atoms with E-state index in [9.17, 15) is 5.11 Å². The molecule has 1 unspecified atom stereocenters. The van der Waals surface area contributed by atoms with Crippen molar-refractivity contribution in [1.82, 2.24) is 4.90 Å². The van der Waals surface area contributed by atoms with Crippen molar-refractivity contribution in [2.75, 3.05) is 13.1 Å². The zero-order chi connectivity index (χ0) is 11.4. The maximum atomic E-state index is 9.71. The topological polar surface area (TPSA) is 23.5 Å². The van der Waals surface area contributed by atoms with E-state index in [1.54, 1.807) is 0 Å². The summed E-state index contributed by atoms with van der Waals surface area (Å²) in [5.41, 5.74) is 2.92. The summed E-state index contributed by atoms with van der Waals surface area (Å²) in [4.78, 5) is 2.38. The van der Waals surface area contributed by atoms with Gasteiger partial charge in [-0.15, -0.1) is 0 Å². The van der Waals surface area contributed by atoms with Crippen LogP contribution in [0, 0.1) is 0 Å². The first kappa shape index (κ1) is 11.6. The van der Waals surface area contributed by atoms with Crippen molar-refractivity contribution in [2.45, 2.75) is 38.8 Å². The molecule has 0 saturated carbocycles. The molecule has 0 bridgehead atoms. The first-order valence-corrected chi connectivity index (χ1v) is 6.26. The monoisotopic (exact) mass is 219 g/mol. The Hall–Kier alpha value is -0.860. The van der Waals surface area contributed by atoms with Crippen molar-refractivity contribution >= 4 is 0 Å². The minimum absolute atomic E-state index is 0.176. The Bertz CT molecular complexity index is 337. The summed E-state index contributed by atoms with van der Waals surface area (Å²) in [5.74, 6) is 0. The zero-order valence-corrected chi connectivity index (χ0v) is 10.0. The molecule has 16 heavy (non-hydrogen) atoms. The van der Waals surface area contributed by atoms with Crippen molar-refractivity contribution in [2.24, 2.45) is 0 Å². The number of aryl methyl sites for hydroxylation is 1. The quantitative estimate of drug-likeness (QED) is 0.842. The van der Waals surface area contributed by atoms with E-state index in [2.05, 4.69) is 29.2 Å². The van der Waals surface area contributed by atoms with Gasteiger partial charge in [0.25, 0.3) is 0 Å². The van der Waals surface area contributed by atoms with Crippen LogP contribution < -0.4 is 0 Å². The smallest absolute Gasteiger partial charge is 0.0664 e. The third kappa shape index (κ3) is 2.83. The number of benzene rings is 1. The fourth-order valence-electron chi connectivity index (χ4n) is 2.35. The standard InChI is InChI=1S/C14H21NO/c1-2-14(16)11-15-9-5-8-12-6-3-4-7-13(12)10-15/h3-4,6-7,14,16H,2,5,8-11H2,1H3. The second-order valence-corrected chi connectivity index (χ2v) is 4.67. The minimum atomic E-state index is -0.176. The average Bonchev–Trinajstić information content (AvgIpc) is 2.50. The van der Waals surface area contributed by atoms with Gasteiger partial charge >= 0.3 is 0 Å². The lowest BCUT2D eigenvalue weighted by atomic mass is 10.0. The van der Waals surface area contributed by atoms with Crippen molar-refractivity contribution in [3.8, 4) is 0 Å². The van der Waals surface area contributed by atoms with Crippen LogP contribution in [0.2, 0.25) is 0 Å². The predicted octanol–water partition coefficient (Wildman–Crippen LogP) is 2.21. The molecular formula is C14H21NO. The van der Waals surface area contributed by atoms with Crippen molar-refractivity contribution < 1.29 is 5.11 Å². The predicted molar refractivity (Wildman–Crippen MR) is 66.3 cm³/mol. The zero-order valence-electron chi connectivity index (χ0n) is 10.0. The number of hydrogen-bond acceptors (Lipinski definition) is 2. The molecule has 88 valence electrons. The van der Waals surface area contributed by atoms with Gasteiger partial charge in [-0.2, -0.15) is 0 Å². The second kappa shape index (κ2) is 5.46. The fraction of sp³-hybridized carbons (Fsp3) is 0.571. The maximum absolute atomic E-state index is 9.71. The number of fused-ring (bicyclic) bond motifs is 1. The van der Waals surface area contributed by atoms with Gasteiger partial charge in [-0.1, -0.05) is 31.2 Å². The molecule has 1 aliphatic rings. The Morgan fingerprint density at radius 3 is 2.81 bits per heavy atom. The number of nitrogens with zero attached hydrogens (tertiary/aromatic N) is 1. The lowest BCUT2D eigenvalue weighted by Crippen LogP contribution is -2.31. The molecule has 2 rings (SSSR count). The van der Waals surface area contributed by atoms with Crippen LogP contribution in [0.4, 0.5) is 0 Å². The van der Waals surface area contributed by atoms with Gasteiger partial charge in [-0.3, -0.25) is 4.90 Å². The Labute approximate surface area is 97.9 Å². The van der Waals surface area contributed by atoms with Crippen molar-refractivity contribution in [3.05, 3.63) is 35.4 Å². The van der Waals surface area contributed by atoms with E-state index in [1.165, 1.54) is 24.0 Å². The molecule has 0 saturated heterocycles. The fourth-order valence-corrected chi connectivity index (χ4v) is 2.35. The van der Waals surface area contributed by atoms with Crippen LogP contribution in [0.25, 0.3) is 0 Å². The molecule has 1 aromatic rings. The number of hydrogen-bond donors (Lipinski definition) is 1. The highest BCUT2D eigenvalue weighted by Crippen LogP contribution is 2.18. The van der Waals surface area contributed by atoms with Crippen LogP contribution in [0.5, 0.6) is 0 Å². The lowest BCUT2D eigenvalue weighted by Gasteiger charge is -2.22. The average molecular weight is 219 g/mol. The van der Waals surface area contributed by atoms with Crippen molar-refractivity contribution in [3.63, 3.8) is 0 Å². The van der Waals surface area contributed by atoms with E-state index in [0.29, 0.717) is 0 Å². The summed E-state index contributed by atoms with van der Waals surface area (Å²) >= 11 is 0. The van der Waals surface area contributed by atoms with Gasteiger partial charge in [0.2, 0.25) is 0 Å². The molecule has 0 aliphatic carbocycles. The van der Waals surface area contributed by atoms with Gasteiger partial charge in [0.1, 0.15) is 0 Å². The highest BCUT2D eigenvalue weighted by molar-refractivity contribution is 5.27. The van der Waals surface area contributed by atoms with Crippen LogP contribution in [-0.2, 0) is 13.0 Å². The van der Waals surface area contributed by atoms with Crippen LogP contribution in [0.15, 0.2) is 24.3 Å². The van der Waals surface area contributed by atoms with E-state index in [-0.39, 0.29) is 6.10 Å². The Balaban J connectivity index is 2.05. The summed E-state index contributed by atoms with van der Waals surface area (Å²) in [6.07, 6.45) is 3.05. The number of aliphatic hydroxyl groups is 1. The van der Waals surface area contributed by atoms with E-state index >= 15 is 0 Å². The molecule has 1 atom stereocenters. The highest BCUT2D eigenvalue weighted by atomic mass is 16.3. The van der Waals surface area contributed by atoms with Crippen LogP contribution >= 0.6 is 0 Å². The van der Waals surface area contributed by atoms with Gasteiger partial charge in [-0.05, 0) is 36.9 Å². The molecule has 0 amide bonds. The molecule has 0 aromatic heterocycles. The Kier molecular flexibility index (Phi) is 3.97. The lowest BCUT2D eigenvalue weighted by molar-refractivity contribution is 0.106. The normalized spacial score (nSPS) is 18.9. The molecular weight excluding hydrogens is 198 g/mol. The van der Waals surface area contributed by atoms with Gasteiger partial charge in [0.05, 0.1) is 6.10 Å². The first-order chi connectivity index (χ1) is 7.79. The summed E-state index contributed by atoms with van der Waals surface area (Å²) in [6.45, 7) is 4.94. The number of β-amino-alcohol motifs (C(OH)–C–C–N with tert-alkyl or cyclic N) is 1. The molecule has 2 heteroatoms. The van der Waals surface area contributed by atoms with Gasteiger partial charge in [0.15, 0.2) is 0 Å². The Morgan fingerprint density at radius 1 is 1.31 bits per heavy atom. The maximum Gasteiger partial charge on any atom is 0.0664 e. The largest absolute Gasteiger partial charge is 0.392 e. The molecule has 0 radical (unpaired) electrons.